The molecule has 3 rings (SSSR count). The molecule has 0 bridgehead atoms. The van der Waals surface area contributed by atoms with Gasteiger partial charge in [-0.25, -0.2) is 4.98 Å². The lowest BCUT2D eigenvalue weighted by Gasteiger charge is -2.13. The van der Waals surface area contributed by atoms with E-state index < -0.39 is 0 Å². The number of amides is 1. The smallest absolute Gasteiger partial charge is 0.262 e. The van der Waals surface area contributed by atoms with E-state index in [1.807, 2.05) is 30.3 Å². The Bertz CT molecular complexity index is 1110. The lowest BCUT2D eigenvalue weighted by atomic mass is 10.2. The summed E-state index contributed by atoms with van der Waals surface area (Å²) in [6.07, 6.45) is 1.84. The number of hydrogen-bond donors (Lipinski definition) is 1. The number of para-hydroxylation sites is 1. The summed E-state index contributed by atoms with van der Waals surface area (Å²) in [6.45, 7) is 3.03. The molecule has 0 atom stereocenters. The minimum atomic E-state index is -0.135. The van der Waals surface area contributed by atoms with Crippen LogP contribution in [0.25, 0.3) is 10.9 Å². The van der Waals surface area contributed by atoms with Crippen LogP contribution in [0.4, 0.5) is 0 Å². The Balaban J connectivity index is 1.69. The van der Waals surface area contributed by atoms with E-state index in [4.69, 9.17) is 9.47 Å². The number of benzene rings is 2. The van der Waals surface area contributed by atoms with Gasteiger partial charge in [0.15, 0.2) is 16.7 Å². The molecule has 0 unspecified atom stereocenters. The van der Waals surface area contributed by atoms with Crippen molar-refractivity contribution in [2.45, 2.75) is 38.0 Å². The van der Waals surface area contributed by atoms with Crippen molar-refractivity contribution in [1.29, 1.82) is 0 Å². The van der Waals surface area contributed by atoms with Crippen molar-refractivity contribution in [2.75, 3.05) is 20.0 Å². The third-order valence-electron chi connectivity index (χ3n) is 4.83. The first-order valence-corrected chi connectivity index (χ1v) is 11.2. The van der Waals surface area contributed by atoms with Crippen molar-refractivity contribution in [3.63, 3.8) is 0 Å². The fourth-order valence-electron chi connectivity index (χ4n) is 3.14. The molecule has 1 heterocycles. The highest BCUT2D eigenvalue weighted by molar-refractivity contribution is 7.99. The average Bonchev–Trinajstić information content (AvgIpc) is 2.80. The van der Waals surface area contributed by atoms with Gasteiger partial charge in [0.25, 0.3) is 5.56 Å². The van der Waals surface area contributed by atoms with Gasteiger partial charge in [0.1, 0.15) is 0 Å². The van der Waals surface area contributed by atoms with E-state index in [0.29, 0.717) is 40.6 Å². The maximum Gasteiger partial charge on any atom is 0.262 e. The molecule has 31 heavy (non-hydrogen) atoms. The van der Waals surface area contributed by atoms with E-state index in [1.54, 1.807) is 30.9 Å². The van der Waals surface area contributed by atoms with Crippen LogP contribution in [0.15, 0.2) is 52.4 Å². The van der Waals surface area contributed by atoms with Crippen LogP contribution in [-0.2, 0) is 17.9 Å². The summed E-state index contributed by atoms with van der Waals surface area (Å²) in [7, 11) is 3.16. The topological polar surface area (TPSA) is 82.5 Å². The predicted octanol–water partition coefficient (Wildman–Crippen LogP) is 3.62. The lowest BCUT2D eigenvalue weighted by Crippen LogP contribution is -2.27. The second kappa shape index (κ2) is 10.9. The summed E-state index contributed by atoms with van der Waals surface area (Å²) in [4.78, 5) is 30.0. The quantitative estimate of drug-likeness (QED) is 0.382. The fraction of sp³-hybridized carbons (Fsp3) is 0.348. The normalized spacial score (nSPS) is 10.8. The highest BCUT2D eigenvalue weighted by atomic mass is 32.2. The van der Waals surface area contributed by atoms with Gasteiger partial charge in [-0.3, -0.25) is 14.2 Å². The van der Waals surface area contributed by atoms with Crippen LogP contribution in [0.5, 0.6) is 11.5 Å². The summed E-state index contributed by atoms with van der Waals surface area (Å²) in [5.41, 5.74) is 1.49. The van der Waals surface area contributed by atoms with Crippen molar-refractivity contribution < 1.29 is 14.3 Å². The van der Waals surface area contributed by atoms with Gasteiger partial charge < -0.3 is 14.8 Å². The zero-order chi connectivity index (χ0) is 22.2. The Morgan fingerprint density at radius 3 is 2.65 bits per heavy atom. The average molecular weight is 442 g/mol. The molecule has 8 heteroatoms. The zero-order valence-electron chi connectivity index (χ0n) is 18.0. The molecular formula is C23H27N3O4S. The van der Waals surface area contributed by atoms with Gasteiger partial charge in [0.2, 0.25) is 5.91 Å². The van der Waals surface area contributed by atoms with Gasteiger partial charge in [-0.2, -0.15) is 0 Å². The molecule has 1 N–H and O–H groups in total. The van der Waals surface area contributed by atoms with Gasteiger partial charge >= 0.3 is 0 Å². The number of rotatable bonds is 10. The molecule has 1 aromatic heterocycles. The van der Waals surface area contributed by atoms with E-state index in [1.165, 1.54) is 11.8 Å². The molecule has 0 aliphatic rings. The molecule has 0 saturated carbocycles. The second-order valence-electron chi connectivity index (χ2n) is 6.98. The molecule has 0 radical (unpaired) electrons. The molecule has 0 aliphatic carbocycles. The van der Waals surface area contributed by atoms with Crippen molar-refractivity contribution in [3.8, 4) is 11.5 Å². The Labute approximate surface area is 185 Å². The third kappa shape index (κ3) is 5.58. The number of thioether (sulfide) groups is 1. The van der Waals surface area contributed by atoms with Crippen LogP contribution in [0, 0.1) is 0 Å². The van der Waals surface area contributed by atoms with Crippen LogP contribution in [-0.4, -0.2) is 35.4 Å². The van der Waals surface area contributed by atoms with E-state index in [2.05, 4.69) is 17.2 Å². The Hall–Kier alpha value is -3.00. The number of hydrogen-bond acceptors (Lipinski definition) is 6. The second-order valence-corrected chi connectivity index (χ2v) is 7.92. The number of nitrogens with one attached hydrogen (secondary N) is 1. The van der Waals surface area contributed by atoms with Gasteiger partial charge in [-0.1, -0.05) is 43.3 Å². The minimum Gasteiger partial charge on any atom is -0.493 e. The van der Waals surface area contributed by atoms with Gasteiger partial charge in [0, 0.05) is 13.1 Å². The summed E-state index contributed by atoms with van der Waals surface area (Å²) in [5, 5.41) is 4.07. The highest BCUT2D eigenvalue weighted by Crippen LogP contribution is 2.27. The summed E-state index contributed by atoms with van der Waals surface area (Å²) >= 11 is 1.28. The SMILES string of the molecule is CCCCn1c(SCC(=O)NCc2ccc(OC)c(OC)c2)nc2ccccc2c1=O. The van der Waals surface area contributed by atoms with Crippen molar-refractivity contribution in [2.24, 2.45) is 0 Å². The standard InChI is InChI=1S/C23H27N3O4S/c1-4-5-12-26-22(28)17-8-6-7-9-18(17)25-23(26)31-15-21(27)24-14-16-10-11-19(29-2)20(13-16)30-3/h6-11,13H,4-5,12,14-15H2,1-3H3,(H,24,27). The van der Waals surface area contributed by atoms with Crippen LogP contribution in [0.3, 0.4) is 0 Å². The monoisotopic (exact) mass is 441 g/mol. The number of fused-ring (bicyclic) bond motifs is 1. The number of carbonyl (C=O) groups is 1. The number of nitrogens with zero attached hydrogens (tertiary/aromatic N) is 2. The first-order chi connectivity index (χ1) is 15.1. The van der Waals surface area contributed by atoms with Crippen LogP contribution < -0.4 is 20.3 Å². The largest absolute Gasteiger partial charge is 0.493 e. The Kier molecular flexibility index (Phi) is 7.94. The maximum atomic E-state index is 12.9. The van der Waals surface area contributed by atoms with E-state index in [-0.39, 0.29) is 17.2 Å². The summed E-state index contributed by atoms with van der Waals surface area (Å²) in [6, 6.07) is 12.8. The lowest BCUT2D eigenvalue weighted by molar-refractivity contribution is -0.118. The maximum absolute atomic E-state index is 12.9. The van der Waals surface area contributed by atoms with E-state index in [9.17, 15) is 9.59 Å². The van der Waals surface area contributed by atoms with Crippen LogP contribution in [0.2, 0.25) is 0 Å². The number of carbonyl (C=O) groups excluding carboxylic acids is 1. The first kappa shape index (κ1) is 22.7. The number of aromatic nitrogens is 2. The van der Waals surface area contributed by atoms with Crippen molar-refractivity contribution >= 4 is 28.6 Å². The number of unbranched alkanes of at least 4 members (excludes halogenated alkanes) is 1. The summed E-state index contributed by atoms with van der Waals surface area (Å²) in [5.74, 6) is 1.29. The number of ether oxygens (including phenoxy) is 2. The Morgan fingerprint density at radius 1 is 1.13 bits per heavy atom. The van der Waals surface area contributed by atoms with Crippen molar-refractivity contribution in [3.05, 3.63) is 58.4 Å². The highest BCUT2D eigenvalue weighted by Gasteiger charge is 2.13. The van der Waals surface area contributed by atoms with Crippen molar-refractivity contribution in [1.82, 2.24) is 14.9 Å². The molecule has 0 saturated heterocycles. The molecule has 1 amide bonds. The molecule has 0 spiro atoms. The van der Waals surface area contributed by atoms with Gasteiger partial charge in [-0.05, 0) is 36.2 Å². The third-order valence-corrected chi connectivity index (χ3v) is 5.81. The molecule has 2 aromatic carbocycles. The van der Waals surface area contributed by atoms with E-state index >= 15 is 0 Å². The van der Waals surface area contributed by atoms with Crippen LogP contribution >= 0.6 is 11.8 Å². The van der Waals surface area contributed by atoms with Gasteiger partial charge in [0.05, 0.1) is 30.9 Å². The van der Waals surface area contributed by atoms with E-state index in [0.717, 1.165) is 18.4 Å². The molecule has 7 nitrogen and oxygen atoms in total. The molecule has 3 aromatic rings. The molecule has 164 valence electrons. The first-order valence-electron chi connectivity index (χ1n) is 10.2. The summed E-state index contributed by atoms with van der Waals surface area (Å²) < 4.78 is 12.2. The molecule has 0 aliphatic heterocycles. The predicted molar refractivity (Wildman–Crippen MR) is 123 cm³/mol. The molecular weight excluding hydrogens is 414 g/mol. The number of methoxy groups -OCH3 is 2. The molecule has 0 fully saturated rings. The minimum absolute atomic E-state index is 0.0627. The fourth-order valence-corrected chi connectivity index (χ4v) is 4.00. The Morgan fingerprint density at radius 2 is 1.90 bits per heavy atom. The van der Waals surface area contributed by atoms with Gasteiger partial charge in [-0.15, -0.1) is 0 Å². The van der Waals surface area contributed by atoms with Crippen LogP contribution in [0.1, 0.15) is 25.3 Å². The zero-order valence-corrected chi connectivity index (χ0v) is 18.8.